The highest BCUT2D eigenvalue weighted by molar-refractivity contribution is 7.99. The third-order valence-electron chi connectivity index (χ3n) is 2.66. The second kappa shape index (κ2) is 5.23. The summed E-state index contributed by atoms with van der Waals surface area (Å²) in [7, 11) is 0. The van der Waals surface area contributed by atoms with E-state index in [1.807, 2.05) is 13.8 Å². The fourth-order valence-corrected chi connectivity index (χ4v) is 2.22. The summed E-state index contributed by atoms with van der Waals surface area (Å²) in [6.07, 6.45) is 0. The van der Waals surface area contributed by atoms with Crippen LogP contribution in [0.1, 0.15) is 11.3 Å². The van der Waals surface area contributed by atoms with Gasteiger partial charge in [-0.2, -0.15) is 0 Å². The zero-order valence-corrected chi connectivity index (χ0v) is 11.3. The lowest BCUT2D eigenvalue weighted by Crippen LogP contribution is -2.01. The minimum Gasteiger partial charge on any atom is -0.383 e. The van der Waals surface area contributed by atoms with Crippen LogP contribution in [0.15, 0.2) is 34.3 Å². The van der Waals surface area contributed by atoms with E-state index in [0.29, 0.717) is 11.0 Å². The van der Waals surface area contributed by atoms with Crippen molar-refractivity contribution < 1.29 is 4.92 Å². The zero-order valence-electron chi connectivity index (χ0n) is 10.5. The van der Waals surface area contributed by atoms with E-state index < -0.39 is 4.92 Å². The number of anilines is 1. The van der Waals surface area contributed by atoms with E-state index in [2.05, 4.69) is 9.97 Å². The van der Waals surface area contributed by atoms with Crippen LogP contribution in [0.2, 0.25) is 0 Å². The molecule has 2 N–H and O–H groups in total. The first-order valence-corrected chi connectivity index (χ1v) is 6.32. The Morgan fingerprint density at radius 1 is 1.21 bits per heavy atom. The van der Waals surface area contributed by atoms with Gasteiger partial charge in [-0.25, -0.2) is 9.97 Å². The lowest BCUT2D eigenvalue weighted by Gasteiger charge is -2.06. The van der Waals surface area contributed by atoms with Gasteiger partial charge in [-0.15, -0.1) is 0 Å². The highest BCUT2D eigenvalue weighted by Crippen LogP contribution is 2.28. The Balaban J connectivity index is 2.24. The van der Waals surface area contributed by atoms with Crippen LogP contribution in [0, 0.1) is 24.0 Å². The molecule has 0 aliphatic rings. The molecule has 2 aromatic rings. The number of aryl methyl sites for hydroxylation is 1. The molecular weight excluding hydrogens is 264 g/mol. The molecule has 2 rings (SSSR count). The zero-order chi connectivity index (χ0) is 14.0. The van der Waals surface area contributed by atoms with Crippen molar-refractivity contribution in [3.63, 3.8) is 0 Å². The smallest absolute Gasteiger partial charge is 0.269 e. The summed E-state index contributed by atoms with van der Waals surface area (Å²) in [5.41, 5.74) is 7.54. The van der Waals surface area contributed by atoms with Crippen LogP contribution in [-0.2, 0) is 0 Å². The van der Waals surface area contributed by atoms with Crippen molar-refractivity contribution in [2.24, 2.45) is 0 Å². The summed E-state index contributed by atoms with van der Waals surface area (Å²) in [5, 5.41) is 11.1. The Kier molecular flexibility index (Phi) is 3.66. The number of hydrogen-bond donors (Lipinski definition) is 1. The van der Waals surface area contributed by atoms with Crippen LogP contribution in [0.4, 0.5) is 11.5 Å². The third kappa shape index (κ3) is 3.00. The molecule has 0 amide bonds. The van der Waals surface area contributed by atoms with E-state index >= 15 is 0 Å². The van der Waals surface area contributed by atoms with Gasteiger partial charge in [0.25, 0.3) is 5.69 Å². The maximum Gasteiger partial charge on any atom is 0.269 e. The Morgan fingerprint density at radius 3 is 2.37 bits per heavy atom. The number of benzene rings is 1. The SMILES string of the molecule is Cc1nc(Sc2ccc([N+](=O)[O-])cc2)nc(N)c1C. The van der Waals surface area contributed by atoms with E-state index in [1.165, 1.54) is 23.9 Å². The van der Waals surface area contributed by atoms with Crippen molar-refractivity contribution in [2.75, 3.05) is 5.73 Å². The first kappa shape index (κ1) is 13.3. The quantitative estimate of drug-likeness (QED) is 0.526. The van der Waals surface area contributed by atoms with Gasteiger partial charge in [0.15, 0.2) is 5.16 Å². The monoisotopic (exact) mass is 276 g/mol. The molecule has 0 saturated carbocycles. The fraction of sp³-hybridized carbons (Fsp3) is 0.167. The average molecular weight is 276 g/mol. The standard InChI is InChI=1S/C12H12N4O2S/c1-7-8(2)14-12(15-11(7)13)19-10-5-3-9(4-6-10)16(17)18/h3-6H,1-2H3,(H2,13,14,15). The molecule has 0 aliphatic carbocycles. The van der Waals surface area contributed by atoms with Gasteiger partial charge in [-0.1, -0.05) is 0 Å². The molecule has 0 fully saturated rings. The Bertz CT molecular complexity index is 605. The Labute approximate surface area is 114 Å². The molecule has 0 spiro atoms. The van der Waals surface area contributed by atoms with Gasteiger partial charge in [0, 0.05) is 28.3 Å². The van der Waals surface area contributed by atoms with Crippen molar-refractivity contribution in [1.29, 1.82) is 0 Å². The van der Waals surface area contributed by atoms with Crippen molar-refractivity contribution in [2.45, 2.75) is 23.9 Å². The molecule has 0 aliphatic heterocycles. The molecule has 0 unspecified atom stereocenters. The van der Waals surface area contributed by atoms with Crippen molar-refractivity contribution in [3.05, 3.63) is 45.6 Å². The molecule has 1 aromatic carbocycles. The number of nitrogens with zero attached hydrogens (tertiary/aromatic N) is 3. The second-order valence-corrected chi connectivity index (χ2v) is 5.00. The predicted molar refractivity (Wildman–Crippen MR) is 73.1 cm³/mol. The van der Waals surface area contributed by atoms with Crippen molar-refractivity contribution in [3.8, 4) is 0 Å². The average Bonchev–Trinajstić information content (AvgIpc) is 2.36. The van der Waals surface area contributed by atoms with Crippen LogP contribution >= 0.6 is 11.8 Å². The molecule has 98 valence electrons. The third-order valence-corrected chi connectivity index (χ3v) is 3.54. The molecule has 1 heterocycles. The van der Waals surface area contributed by atoms with E-state index in [9.17, 15) is 10.1 Å². The van der Waals surface area contributed by atoms with Crippen LogP contribution in [0.25, 0.3) is 0 Å². The Hall–Kier alpha value is -2.15. The van der Waals surface area contributed by atoms with Gasteiger partial charge in [0.1, 0.15) is 5.82 Å². The maximum absolute atomic E-state index is 10.6. The Morgan fingerprint density at radius 2 is 1.84 bits per heavy atom. The first-order valence-electron chi connectivity index (χ1n) is 5.50. The number of hydrogen-bond acceptors (Lipinski definition) is 6. The number of nitrogen functional groups attached to an aromatic ring is 1. The second-order valence-electron chi connectivity index (χ2n) is 3.95. The van der Waals surface area contributed by atoms with Gasteiger partial charge in [-0.05, 0) is 37.7 Å². The van der Waals surface area contributed by atoms with E-state index in [0.717, 1.165) is 16.2 Å². The van der Waals surface area contributed by atoms with Crippen LogP contribution < -0.4 is 5.73 Å². The normalized spacial score (nSPS) is 10.4. The fourth-order valence-electron chi connectivity index (χ4n) is 1.41. The van der Waals surface area contributed by atoms with Crippen LogP contribution in [-0.4, -0.2) is 14.9 Å². The number of rotatable bonds is 3. The predicted octanol–water partition coefficient (Wildman–Crippen LogP) is 2.74. The lowest BCUT2D eigenvalue weighted by atomic mass is 10.2. The van der Waals surface area contributed by atoms with Gasteiger partial charge in [-0.3, -0.25) is 10.1 Å². The van der Waals surface area contributed by atoms with Crippen LogP contribution in [0.3, 0.4) is 0 Å². The lowest BCUT2D eigenvalue weighted by molar-refractivity contribution is -0.384. The van der Waals surface area contributed by atoms with E-state index in [-0.39, 0.29) is 5.69 Å². The molecule has 0 atom stereocenters. The summed E-state index contributed by atoms with van der Waals surface area (Å²) < 4.78 is 0. The maximum atomic E-state index is 10.6. The number of nitrogens with two attached hydrogens (primary N) is 1. The van der Waals surface area contributed by atoms with E-state index in [4.69, 9.17) is 5.73 Å². The summed E-state index contributed by atoms with van der Waals surface area (Å²) in [6.45, 7) is 3.73. The highest BCUT2D eigenvalue weighted by Gasteiger charge is 2.08. The largest absolute Gasteiger partial charge is 0.383 e. The minimum absolute atomic E-state index is 0.0601. The summed E-state index contributed by atoms with van der Waals surface area (Å²) >= 11 is 1.32. The molecule has 0 bridgehead atoms. The topological polar surface area (TPSA) is 94.9 Å². The summed E-state index contributed by atoms with van der Waals surface area (Å²) in [5.74, 6) is 0.455. The minimum atomic E-state index is -0.432. The molecule has 1 aromatic heterocycles. The number of nitro groups is 1. The molecule has 0 radical (unpaired) electrons. The summed E-state index contributed by atoms with van der Waals surface area (Å²) in [4.78, 5) is 19.5. The van der Waals surface area contributed by atoms with Gasteiger partial charge in [0.2, 0.25) is 0 Å². The highest BCUT2D eigenvalue weighted by atomic mass is 32.2. The molecule has 19 heavy (non-hydrogen) atoms. The molecule has 6 nitrogen and oxygen atoms in total. The summed E-state index contributed by atoms with van der Waals surface area (Å²) in [6, 6.07) is 6.23. The van der Waals surface area contributed by atoms with Gasteiger partial charge >= 0.3 is 0 Å². The number of aromatic nitrogens is 2. The number of nitro benzene ring substituents is 1. The number of non-ortho nitro benzene ring substituents is 1. The van der Waals surface area contributed by atoms with Crippen molar-refractivity contribution >= 4 is 23.3 Å². The molecule has 0 saturated heterocycles. The molecule has 7 heteroatoms. The van der Waals surface area contributed by atoms with Crippen molar-refractivity contribution in [1.82, 2.24) is 9.97 Å². The molecular formula is C12H12N4O2S. The van der Waals surface area contributed by atoms with Gasteiger partial charge in [0.05, 0.1) is 4.92 Å². The van der Waals surface area contributed by atoms with E-state index in [1.54, 1.807) is 12.1 Å². The van der Waals surface area contributed by atoms with Gasteiger partial charge < -0.3 is 5.73 Å². The first-order chi connectivity index (χ1) is 8.97. The van der Waals surface area contributed by atoms with Crippen LogP contribution in [0.5, 0.6) is 0 Å².